The van der Waals surface area contributed by atoms with Gasteiger partial charge in [0.25, 0.3) is 5.91 Å². The second kappa shape index (κ2) is 11.7. The SMILES string of the molecule is Cc1ccc(OCC2(O)CCCN(Cc3ccc(OCCCN4C(=O)NC(C)(C)C4=O)cc3)CC2)c(C)c1. The standard InChI is InChI=1S/C30H41N3O5/c1-22-7-12-26(23(2)19-22)38-21-30(36)13-5-15-32(17-14-30)20-24-8-10-25(11-9-24)37-18-6-16-33-27(34)29(3,4)31-28(33)35/h7-12,19,36H,5-6,13-18,20-21H2,1-4H3,(H,31,35). The van der Waals surface area contributed by atoms with Crippen molar-refractivity contribution in [2.24, 2.45) is 0 Å². The van der Waals surface area contributed by atoms with Crippen LogP contribution >= 0.6 is 0 Å². The van der Waals surface area contributed by atoms with Gasteiger partial charge in [0.2, 0.25) is 0 Å². The molecule has 8 nitrogen and oxygen atoms in total. The van der Waals surface area contributed by atoms with Gasteiger partial charge in [-0.2, -0.15) is 0 Å². The van der Waals surface area contributed by atoms with Gasteiger partial charge in [-0.05, 0) is 89.2 Å². The number of benzene rings is 2. The van der Waals surface area contributed by atoms with E-state index >= 15 is 0 Å². The number of aryl methyl sites for hydroxylation is 2. The lowest BCUT2D eigenvalue weighted by atomic mass is 9.96. The van der Waals surface area contributed by atoms with Crippen LogP contribution in [0.1, 0.15) is 56.2 Å². The van der Waals surface area contributed by atoms with Gasteiger partial charge in [-0.3, -0.25) is 14.6 Å². The van der Waals surface area contributed by atoms with Gasteiger partial charge in [0, 0.05) is 19.6 Å². The van der Waals surface area contributed by atoms with Crippen LogP contribution < -0.4 is 14.8 Å². The fourth-order valence-corrected chi connectivity index (χ4v) is 5.09. The number of amides is 3. The number of urea groups is 1. The van der Waals surface area contributed by atoms with Crippen molar-refractivity contribution in [1.29, 1.82) is 0 Å². The van der Waals surface area contributed by atoms with Gasteiger partial charge < -0.3 is 19.9 Å². The lowest BCUT2D eigenvalue weighted by Crippen LogP contribution is -2.40. The molecule has 38 heavy (non-hydrogen) atoms. The normalized spacial score (nSPS) is 21.8. The Labute approximate surface area is 225 Å². The molecule has 1 unspecified atom stereocenters. The van der Waals surface area contributed by atoms with Gasteiger partial charge in [-0.25, -0.2) is 4.79 Å². The summed E-state index contributed by atoms with van der Waals surface area (Å²) in [6.07, 6.45) is 2.89. The Kier molecular flexibility index (Phi) is 8.63. The minimum absolute atomic E-state index is 0.201. The van der Waals surface area contributed by atoms with Crippen molar-refractivity contribution < 1.29 is 24.2 Å². The van der Waals surface area contributed by atoms with E-state index in [2.05, 4.69) is 35.3 Å². The second-order valence-electron chi connectivity index (χ2n) is 11.3. The van der Waals surface area contributed by atoms with Gasteiger partial charge in [-0.15, -0.1) is 0 Å². The van der Waals surface area contributed by atoms with E-state index in [1.807, 2.05) is 31.2 Å². The molecular weight excluding hydrogens is 482 g/mol. The molecule has 0 aliphatic carbocycles. The maximum Gasteiger partial charge on any atom is 0.325 e. The summed E-state index contributed by atoms with van der Waals surface area (Å²) in [4.78, 5) is 27.9. The summed E-state index contributed by atoms with van der Waals surface area (Å²) in [5.41, 5.74) is 1.83. The summed E-state index contributed by atoms with van der Waals surface area (Å²) >= 11 is 0. The molecule has 2 fully saturated rings. The van der Waals surface area contributed by atoms with Gasteiger partial charge in [0.05, 0.1) is 12.2 Å². The highest BCUT2D eigenvalue weighted by atomic mass is 16.5. The number of ether oxygens (including phenoxy) is 2. The molecule has 2 aliphatic rings. The van der Waals surface area contributed by atoms with Crippen LogP contribution in [0.4, 0.5) is 4.79 Å². The van der Waals surface area contributed by atoms with E-state index in [0.29, 0.717) is 32.6 Å². The largest absolute Gasteiger partial charge is 0.494 e. The summed E-state index contributed by atoms with van der Waals surface area (Å²) in [7, 11) is 0. The third-order valence-electron chi connectivity index (χ3n) is 7.41. The van der Waals surface area contributed by atoms with Crippen molar-refractivity contribution in [2.45, 2.75) is 71.1 Å². The van der Waals surface area contributed by atoms with E-state index in [4.69, 9.17) is 9.47 Å². The maximum absolute atomic E-state index is 12.3. The third kappa shape index (κ3) is 7.05. The summed E-state index contributed by atoms with van der Waals surface area (Å²) in [5, 5.41) is 13.9. The van der Waals surface area contributed by atoms with E-state index in [-0.39, 0.29) is 11.9 Å². The fraction of sp³-hybridized carbons (Fsp3) is 0.533. The number of nitrogens with one attached hydrogen (secondary N) is 1. The fourth-order valence-electron chi connectivity index (χ4n) is 5.09. The van der Waals surface area contributed by atoms with Crippen molar-refractivity contribution in [3.8, 4) is 11.5 Å². The molecule has 0 aromatic heterocycles. The highest BCUT2D eigenvalue weighted by molar-refractivity contribution is 6.06. The lowest BCUT2D eigenvalue weighted by molar-refractivity contribution is -0.130. The number of imide groups is 1. The van der Waals surface area contributed by atoms with Crippen molar-refractivity contribution in [2.75, 3.05) is 32.8 Å². The zero-order chi connectivity index (χ0) is 27.3. The number of hydrogen-bond acceptors (Lipinski definition) is 6. The Morgan fingerprint density at radius 1 is 1.00 bits per heavy atom. The number of rotatable bonds is 10. The van der Waals surface area contributed by atoms with Crippen molar-refractivity contribution in [3.05, 3.63) is 59.2 Å². The molecule has 1 atom stereocenters. The van der Waals surface area contributed by atoms with Crippen LogP contribution in [0.3, 0.4) is 0 Å². The molecule has 2 heterocycles. The topological polar surface area (TPSA) is 91.3 Å². The molecule has 2 saturated heterocycles. The first-order valence-corrected chi connectivity index (χ1v) is 13.6. The monoisotopic (exact) mass is 523 g/mol. The Balaban J connectivity index is 1.19. The van der Waals surface area contributed by atoms with E-state index in [1.54, 1.807) is 13.8 Å². The highest BCUT2D eigenvalue weighted by Gasteiger charge is 2.43. The van der Waals surface area contributed by atoms with E-state index in [9.17, 15) is 14.7 Å². The van der Waals surface area contributed by atoms with Crippen LogP contribution in [0, 0.1) is 13.8 Å². The van der Waals surface area contributed by atoms with Crippen LogP contribution in [0.15, 0.2) is 42.5 Å². The molecule has 3 amide bonds. The van der Waals surface area contributed by atoms with Crippen LogP contribution in [0.2, 0.25) is 0 Å². The molecule has 2 N–H and O–H groups in total. The smallest absolute Gasteiger partial charge is 0.325 e. The minimum Gasteiger partial charge on any atom is -0.494 e. The molecule has 0 spiro atoms. The average molecular weight is 524 g/mol. The summed E-state index contributed by atoms with van der Waals surface area (Å²) in [6, 6.07) is 13.8. The van der Waals surface area contributed by atoms with Crippen LogP contribution in [-0.2, 0) is 11.3 Å². The van der Waals surface area contributed by atoms with Crippen molar-refractivity contribution in [1.82, 2.24) is 15.1 Å². The number of likely N-dealkylation sites (tertiary alicyclic amines) is 1. The predicted molar refractivity (Wildman–Crippen MR) is 146 cm³/mol. The average Bonchev–Trinajstić information content (AvgIpc) is 2.97. The molecule has 206 valence electrons. The third-order valence-corrected chi connectivity index (χ3v) is 7.41. The molecule has 0 bridgehead atoms. The summed E-state index contributed by atoms with van der Waals surface area (Å²) < 4.78 is 11.9. The van der Waals surface area contributed by atoms with Crippen molar-refractivity contribution in [3.63, 3.8) is 0 Å². The van der Waals surface area contributed by atoms with E-state index < -0.39 is 11.1 Å². The number of aliphatic hydroxyl groups is 1. The van der Waals surface area contributed by atoms with E-state index in [1.165, 1.54) is 16.0 Å². The van der Waals surface area contributed by atoms with Gasteiger partial charge in [0.15, 0.2) is 0 Å². The van der Waals surface area contributed by atoms with Gasteiger partial charge in [-0.1, -0.05) is 29.8 Å². The molecule has 0 radical (unpaired) electrons. The predicted octanol–water partition coefficient (Wildman–Crippen LogP) is 4.20. The summed E-state index contributed by atoms with van der Waals surface area (Å²) in [5.74, 6) is 1.40. The molecule has 8 heteroatoms. The van der Waals surface area contributed by atoms with Gasteiger partial charge in [0.1, 0.15) is 23.6 Å². The molecule has 0 saturated carbocycles. The highest BCUT2D eigenvalue weighted by Crippen LogP contribution is 2.27. The quantitative estimate of drug-likeness (QED) is 0.358. The maximum atomic E-state index is 12.3. The van der Waals surface area contributed by atoms with Crippen LogP contribution in [-0.4, -0.2) is 70.8 Å². The molecule has 2 aromatic carbocycles. The van der Waals surface area contributed by atoms with Crippen LogP contribution in [0.5, 0.6) is 11.5 Å². The first kappa shape index (κ1) is 27.9. The Morgan fingerprint density at radius 3 is 2.45 bits per heavy atom. The van der Waals surface area contributed by atoms with Gasteiger partial charge >= 0.3 is 6.03 Å². The number of hydrogen-bond donors (Lipinski definition) is 2. The first-order valence-electron chi connectivity index (χ1n) is 13.6. The number of carbonyl (C=O) groups excluding carboxylic acids is 2. The molecule has 2 aromatic rings. The Morgan fingerprint density at radius 2 is 1.76 bits per heavy atom. The summed E-state index contributed by atoms with van der Waals surface area (Å²) in [6.45, 7) is 11.1. The number of carbonyl (C=O) groups is 2. The zero-order valence-corrected chi connectivity index (χ0v) is 23.1. The minimum atomic E-state index is -0.839. The molecule has 4 rings (SSSR count). The second-order valence-corrected chi connectivity index (χ2v) is 11.3. The lowest BCUT2D eigenvalue weighted by Gasteiger charge is -2.27. The Bertz CT molecular complexity index is 1130. The number of nitrogens with zero attached hydrogens (tertiary/aromatic N) is 2. The zero-order valence-electron chi connectivity index (χ0n) is 23.1. The molecule has 2 aliphatic heterocycles. The first-order chi connectivity index (χ1) is 18.0. The molecular formula is C30H41N3O5. The van der Waals surface area contributed by atoms with E-state index in [0.717, 1.165) is 49.5 Å². The van der Waals surface area contributed by atoms with Crippen molar-refractivity contribution >= 4 is 11.9 Å². The van der Waals surface area contributed by atoms with Crippen LogP contribution in [0.25, 0.3) is 0 Å². The Hall–Kier alpha value is -3.10.